The molecule has 1 aliphatic heterocycles. The Bertz CT molecular complexity index is 780. The van der Waals surface area contributed by atoms with Crippen molar-refractivity contribution in [3.63, 3.8) is 0 Å². The lowest BCUT2D eigenvalue weighted by atomic mass is 9.79. The molecule has 3 rings (SSSR count). The summed E-state index contributed by atoms with van der Waals surface area (Å²) in [6, 6.07) is 16.4. The monoisotopic (exact) mass is 509 g/mol. The summed E-state index contributed by atoms with van der Waals surface area (Å²) >= 11 is 11.9. The van der Waals surface area contributed by atoms with Crippen molar-refractivity contribution in [2.75, 3.05) is 0 Å². The molecule has 7 heteroatoms. The molecular weight excluding hydrogens is 490 g/mol. The Hall–Kier alpha value is -1.28. The minimum absolute atomic E-state index is 0.0784. The maximum Gasteiger partial charge on any atom is 0.184 e. The van der Waals surface area contributed by atoms with E-state index in [9.17, 15) is 0 Å². The summed E-state index contributed by atoms with van der Waals surface area (Å²) in [7, 11) is 0. The lowest BCUT2D eigenvalue weighted by Crippen LogP contribution is -2.40. The fourth-order valence-electron chi connectivity index (χ4n) is 3.48. The SMILES string of the molecule is CC1C(=NNC(N)=S)C(C)C(c2ccc(Br)cc2)OC1c1ccc(Br)cc1. The zero-order valence-electron chi connectivity index (χ0n) is 15.0. The average Bonchev–Trinajstić information content (AvgIpc) is 2.63. The summed E-state index contributed by atoms with van der Waals surface area (Å²) in [6.45, 7) is 4.25. The number of hydrogen-bond acceptors (Lipinski definition) is 3. The van der Waals surface area contributed by atoms with E-state index in [0.717, 1.165) is 25.8 Å². The molecule has 0 aromatic heterocycles. The van der Waals surface area contributed by atoms with Gasteiger partial charge in [0.25, 0.3) is 0 Å². The van der Waals surface area contributed by atoms with Crippen molar-refractivity contribution >= 4 is 54.9 Å². The van der Waals surface area contributed by atoms with Crippen LogP contribution in [-0.4, -0.2) is 10.8 Å². The van der Waals surface area contributed by atoms with E-state index in [0.29, 0.717) is 0 Å². The highest BCUT2D eigenvalue weighted by Gasteiger charge is 2.40. The number of nitrogens with one attached hydrogen (secondary N) is 1. The molecule has 4 nitrogen and oxygen atoms in total. The van der Waals surface area contributed by atoms with Crippen LogP contribution in [0.5, 0.6) is 0 Å². The molecule has 27 heavy (non-hydrogen) atoms. The number of nitrogens with zero attached hydrogens (tertiary/aromatic N) is 1. The summed E-state index contributed by atoms with van der Waals surface area (Å²) in [4.78, 5) is 0. The number of halogens is 2. The van der Waals surface area contributed by atoms with Gasteiger partial charge in [0, 0.05) is 26.5 Å². The van der Waals surface area contributed by atoms with Crippen molar-refractivity contribution in [1.82, 2.24) is 5.43 Å². The number of rotatable bonds is 3. The van der Waals surface area contributed by atoms with Gasteiger partial charge in [0.05, 0.1) is 12.2 Å². The highest BCUT2D eigenvalue weighted by molar-refractivity contribution is 9.10. The number of benzene rings is 2. The van der Waals surface area contributed by atoms with Gasteiger partial charge in [0.1, 0.15) is 0 Å². The molecule has 0 amide bonds. The molecule has 3 N–H and O–H groups in total. The lowest BCUT2D eigenvalue weighted by Gasteiger charge is -2.40. The highest BCUT2D eigenvalue weighted by atomic mass is 79.9. The predicted molar refractivity (Wildman–Crippen MR) is 121 cm³/mol. The Kier molecular flexibility index (Phi) is 6.68. The van der Waals surface area contributed by atoms with Crippen molar-refractivity contribution in [1.29, 1.82) is 0 Å². The summed E-state index contributed by atoms with van der Waals surface area (Å²) in [6.07, 6.45) is -0.232. The van der Waals surface area contributed by atoms with E-state index in [1.54, 1.807) is 0 Å². The molecule has 142 valence electrons. The van der Waals surface area contributed by atoms with Crippen molar-refractivity contribution in [2.45, 2.75) is 26.1 Å². The van der Waals surface area contributed by atoms with Crippen LogP contribution in [0.2, 0.25) is 0 Å². The Morgan fingerprint density at radius 2 is 1.33 bits per heavy atom. The van der Waals surface area contributed by atoms with Gasteiger partial charge in [-0.2, -0.15) is 5.10 Å². The third-order valence-corrected chi connectivity index (χ3v) is 5.98. The van der Waals surface area contributed by atoms with E-state index in [1.165, 1.54) is 0 Å². The smallest absolute Gasteiger partial charge is 0.184 e. The van der Waals surface area contributed by atoms with Gasteiger partial charge in [-0.1, -0.05) is 70.0 Å². The molecular formula is C20H21Br2N3OS. The second-order valence-corrected chi connectivity index (χ2v) is 8.94. The zero-order chi connectivity index (χ0) is 19.6. The quantitative estimate of drug-likeness (QED) is 0.423. The summed E-state index contributed by atoms with van der Waals surface area (Å²) < 4.78 is 8.67. The van der Waals surface area contributed by atoms with Crippen LogP contribution in [-0.2, 0) is 4.74 Å². The van der Waals surface area contributed by atoms with Gasteiger partial charge in [-0.25, -0.2) is 0 Å². The number of hydrazone groups is 1. The third kappa shape index (κ3) is 4.77. The zero-order valence-corrected chi connectivity index (χ0v) is 19.0. The molecule has 1 saturated heterocycles. The largest absolute Gasteiger partial charge is 0.375 e. The second kappa shape index (κ2) is 8.82. The fraction of sp³-hybridized carbons (Fsp3) is 0.300. The molecule has 1 aliphatic rings. The van der Waals surface area contributed by atoms with Gasteiger partial charge in [-0.05, 0) is 47.6 Å². The van der Waals surface area contributed by atoms with E-state index < -0.39 is 0 Å². The molecule has 1 fully saturated rings. The van der Waals surface area contributed by atoms with Crippen molar-refractivity contribution in [3.8, 4) is 0 Å². The van der Waals surface area contributed by atoms with Crippen LogP contribution in [0, 0.1) is 11.8 Å². The topological polar surface area (TPSA) is 59.6 Å². The Balaban J connectivity index is 2.00. The molecule has 4 unspecified atom stereocenters. The standard InChI is InChI=1S/C20H21Br2N3OS/c1-11-17(24-25-20(23)27)12(2)19(14-5-9-16(22)10-6-14)26-18(11)13-3-7-15(21)8-4-13/h3-12,18-19H,1-2H3,(H3,23,25,27). The van der Waals surface area contributed by atoms with Crippen LogP contribution < -0.4 is 11.2 Å². The number of hydrogen-bond donors (Lipinski definition) is 2. The number of ether oxygens (including phenoxy) is 1. The third-order valence-electron chi connectivity index (χ3n) is 4.83. The Morgan fingerprint density at radius 3 is 1.70 bits per heavy atom. The van der Waals surface area contributed by atoms with Gasteiger partial charge in [0.15, 0.2) is 5.11 Å². The summed E-state index contributed by atoms with van der Waals surface area (Å²) in [5.41, 5.74) is 11.6. The van der Waals surface area contributed by atoms with E-state index in [-0.39, 0.29) is 29.2 Å². The van der Waals surface area contributed by atoms with E-state index >= 15 is 0 Å². The highest BCUT2D eigenvalue weighted by Crippen LogP contribution is 2.44. The lowest BCUT2D eigenvalue weighted by molar-refractivity contribution is -0.0638. The van der Waals surface area contributed by atoms with Gasteiger partial charge < -0.3 is 10.5 Å². The maximum absolute atomic E-state index is 6.60. The molecule has 1 heterocycles. The van der Waals surface area contributed by atoms with Gasteiger partial charge in [-0.3, -0.25) is 5.43 Å². The summed E-state index contributed by atoms with van der Waals surface area (Å²) in [5, 5.41) is 4.69. The minimum atomic E-state index is -0.116. The Labute approximate surface area is 181 Å². The molecule has 0 saturated carbocycles. The normalized spacial score (nSPS) is 25.1. The van der Waals surface area contributed by atoms with Crippen LogP contribution in [0.3, 0.4) is 0 Å². The Morgan fingerprint density at radius 1 is 0.926 bits per heavy atom. The van der Waals surface area contributed by atoms with Crippen LogP contribution in [0.4, 0.5) is 0 Å². The van der Waals surface area contributed by atoms with Gasteiger partial charge >= 0.3 is 0 Å². The molecule has 0 aliphatic carbocycles. The van der Waals surface area contributed by atoms with Gasteiger partial charge in [-0.15, -0.1) is 0 Å². The van der Waals surface area contributed by atoms with Crippen molar-refractivity contribution < 1.29 is 4.74 Å². The van der Waals surface area contributed by atoms with Crippen LogP contribution >= 0.6 is 44.1 Å². The number of nitrogens with two attached hydrogens (primary N) is 1. The fourth-order valence-corrected chi connectivity index (χ4v) is 4.06. The minimum Gasteiger partial charge on any atom is -0.375 e. The first-order valence-corrected chi connectivity index (χ1v) is 10.7. The first-order valence-electron chi connectivity index (χ1n) is 8.66. The molecule has 4 atom stereocenters. The van der Waals surface area contributed by atoms with E-state index in [2.05, 4.69) is 80.5 Å². The first-order chi connectivity index (χ1) is 12.9. The first kappa shape index (κ1) is 20.5. The molecule has 0 bridgehead atoms. The molecule has 0 radical (unpaired) electrons. The van der Waals surface area contributed by atoms with Crippen molar-refractivity contribution in [3.05, 3.63) is 68.6 Å². The molecule has 0 spiro atoms. The second-order valence-electron chi connectivity index (χ2n) is 6.67. The molecule has 2 aromatic rings. The van der Waals surface area contributed by atoms with Crippen LogP contribution in [0.25, 0.3) is 0 Å². The van der Waals surface area contributed by atoms with Crippen LogP contribution in [0.1, 0.15) is 37.2 Å². The average molecular weight is 511 g/mol. The van der Waals surface area contributed by atoms with E-state index in [1.807, 2.05) is 24.3 Å². The predicted octanol–water partition coefficient (Wildman–Crippen LogP) is 5.49. The van der Waals surface area contributed by atoms with Gasteiger partial charge in [0.2, 0.25) is 0 Å². The van der Waals surface area contributed by atoms with E-state index in [4.69, 9.17) is 22.7 Å². The summed E-state index contributed by atoms with van der Waals surface area (Å²) in [5.74, 6) is 0.157. The van der Waals surface area contributed by atoms with Crippen molar-refractivity contribution in [2.24, 2.45) is 22.7 Å². The van der Waals surface area contributed by atoms with Crippen LogP contribution in [0.15, 0.2) is 62.6 Å². The number of thiocarbonyl (C=S) groups is 1. The maximum atomic E-state index is 6.60. The molecule has 2 aromatic carbocycles.